The van der Waals surface area contributed by atoms with E-state index in [4.69, 9.17) is 4.46 Å². The van der Waals surface area contributed by atoms with E-state index < -0.39 is 0 Å². The minimum atomic E-state index is 0. The Labute approximate surface area is 53.8 Å². The van der Waals surface area contributed by atoms with Crippen molar-refractivity contribution >= 4 is 10.1 Å². The zero-order valence-electron chi connectivity index (χ0n) is 5.01. The van der Waals surface area contributed by atoms with Gasteiger partial charge in [0, 0.05) is 0 Å². The maximum Gasteiger partial charge on any atom is 0.245 e. The van der Waals surface area contributed by atoms with Crippen LogP contribution in [0.3, 0.4) is 0 Å². The Morgan fingerprint density at radius 3 is 1.14 bits per heavy atom. The molecule has 0 N–H and O–H groups in total. The molecule has 0 bridgehead atoms. The first-order chi connectivity index (χ1) is 2.73. The second-order valence-electron chi connectivity index (χ2n) is 1.34. The van der Waals surface area contributed by atoms with Crippen LogP contribution >= 0.6 is 0 Å². The SMILES string of the molecule is CN(C)C.O=[SiH2].[ClH2+]. The summed E-state index contributed by atoms with van der Waals surface area (Å²) in [6.07, 6.45) is 0. The molecule has 0 aliphatic carbocycles. The van der Waals surface area contributed by atoms with E-state index in [1.54, 1.807) is 0 Å². The largest absolute Gasteiger partial charge is 0.396 e. The predicted molar refractivity (Wildman–Crippen MR) is 31.6 cm³/mol. The molecule has 0 fully saturated rings. The molecule has 46 valence electrons. The number of hydrogen-bond donors (Lipinski definition) is 0. The van der Waals surface area contributed by atoms with Gasteiger partial charge in [-0.1, -0.05) is 0 Å². The molecule has 0 aromatic rings. The van der Waals surface area contributed by atoms with Gasteiger partial charge in [0.2, 0.25) is 10.1 Å². The molecular formula is C3H13ClNOSi+. The topological polar surface area (TPSA) is 20.3 Å². The third-order valence-electron chi connectivity index (χ3n) is 0. The minimum Gasteiger partial charge on any atom is -0.396 e. The van der Waals surface area contributed by atoms with Crippen LogP contribution in [0.25, 0.3) is 0 Å². The van der Waals surface area contributed by atoms with Crippen LogP contribution in [0.1, 0.15) is 0 Å². The van der Waals surface area contributed by atoms with Crippen LogP contribution in [0.2, 0.25) is 0 Å². The molecule has 0 rings (SSSR count). The average Bonchev–Trinajstić information content (AvgIpc) is 1.41. The van der Waals surface area contributed by atoms with Gasteiger partial charge in [-0.15, -0.1) is 0 Å². The summed E-state index contributed by atoms with van der Waals surface area (Å²) < 4.78 is 8.28. The van der Waals surface area contributed by atoms with E-state index in [2.05, 4.69) is 0 Å². The highest BCUT2D eigenvalue weighted by Gasteiger charge is 1.58. The number of rotatable bonds is 0. The molecule has 2 nitrogen and oxygen atoms in total. The smallest absolute Gasteiger partial charge is 0.245 e. The summed E-state index contributed by atoms with van der Waals surface area (Å²) in [4.78, 5) is 2.00. The lowest BCUT2D eigenvalue weighted by atomic mass is 11.0. The fourth-order valence-corrected chi connectivity index (χ4v) is 0. The summed E-state index contributed by atoms with van der Waals surface area (Å²) in [6, 6.07) is 0. The zero-order valence-corrected chi connectivity index (χ0v) is 7.32. The van der Waals surface area contributed by atoms with Gasteiger partial charge in [-0.2, -0.15) is 0 Å². The fraction of sp³-hybridized carbons (Fsp3) is 1.00. The Balaban J connectivity index is -0.0000000480. The first-order valence-corrected chi connectivity index (χ1v) is 2.21. The van der Waals surface area contributed by atoms with E-state index in [-0.39, 0.29) is 12.4 Å². The van der Waals surface area contributed by atoms with Gasteiger partial charge >= 0.3 is 0 Å². The number of hydrogen-bond acceptors (Lipinski definition) is 2. The summed E-state index contributed by atoms with van der Waals surface area (Å²) in [5, 5.41) is 0. The lowest BCUT2D eigenvalue weighted by Crippen LogP contribution is -1.99. The fourth-order valence-electron chi connectivity index (χ4n) is 0. The van der Waals surface area contributed by atoms with Crippen molar-refractivity contribution in [2.24, 2.45) is 0 Å². The molecular weight excluding hydrogens is 130 g/mol. The molecule has 0 saturated carbocycles. The highest BCUT2D eigenvalue weighted by Crippen LogP contribution is 1.47. The van der Waals surface area contributed by atoms with Crippen molar-refractivity contribution in [3.63, 3.8) is 0 Å². The van der Waals surface area contributed by atoms with Gasteiger partial charge in [0.1, 0.15) is 0 Å². The standard InChI is InChI=1S/C3H9N.ClH2.H2OSi/c1-4(2)3;;1-2/h1-3H3;1H2;2H2/q;+1;. The predicted octanol–water partition coefficient (Wildman–Crippen LogP) is -1.39. The van der Waals surface area contributed by atoms with E-state index >= 15 is 0 Å². The van der Waals surface area contributed by atoms with Crippen LogP contribution in [0.5, 0.6) is 0 Å². The van der Waals surface area contributed by atoms with Gasteiger partial charge in [0.05, 0.1) is 12.4 Å². The van der Waals surface area contributed by atoms with E-state index in [1.165, 1.54) is 0 Å². The summed E-state index contributed by atoms with van der Waals surface area (Å²) in [5.41, 5.74) is 0. The van der Waals surface area contributed by atoms with Gasteiger partial charge in [-0.05, 0) is 21.1 Å². The molecule has 0 unspecified atom stereocenters. The summed E-state index contributed by atoms with van der Waals surface area (Å²) in [6.45, 7) is 0. The average molecular weight is 143 g/mol. The van der Waals surface area contributed by atoms with Crippen LogP contribution < -0.4 is 0 Å². The number of halogens is 1. The maximum atomic E-state index is 8.28. The van der Waals surface area contributed by atoms with Gasteiger partial charge in [0.15, 0.2) is 0 Å². The highest BCUT2D eigenvalue weighted by atomic mass is 35.5. The Morgan fingerprint density at radius 2 is 1.14 bits per heavy atom. The summed E-state index contributed by atoms with van der Waals surface area (Å²) >= 11 is 0. The Morgan fingerprint density at radius 1 is 1.14 bits per heavy atom. The molecule has 0 amide bonds. The van der Waals surface area contributed by atoms with Crippen molar-refractivity contribution in [2.45, 2.75) is 0 Å². The molecule has 0 saturated heterocycles. The molecule has 0 aliphatic heterocycles. The molecule has 7 heavy (non-hydrogen) atoms. The normalized spacial score (nSPS) is 5.71. The first-order valence-electron chi connectivity index (χ1n) is 1.63. The van der Waals surface area contributed by atoms with Gasteiger partial charge < -0.3 is 9.36 Å². The van der Waals surface area contributed by atoms with Crippen molar-refractivity contribution in [1.82, 2.24) is 4.90 Å². The molecule has 0 aliphatic rings. The van der Waals surface area contributed by atoms with Crippen molar-refractivity contribution in [2.75, 3.05) is 21.1 Å². The van der Waals surface area contributed by atoms with Crippen LogP contribution in [-0.2, 0) is 4.46 Å². The Kier molecular flexibility index (Phi) is 36.5. The Bertz CT molecular complexity index is 26.1. The van der Waals surface area contributed by atoms with E-state index in [0.717, 1.165) is 0 Å². The van der Waals surface area contributed by atoms with E-state index in [9.17, 15) is 0 Å². The molecule has 0 spiro atoms. The molecule has 0 atom stereocenters. The van der Waals surface area contributed by atoms with Crippen LogP contribution in [0.4, 0.5) is 0 Å². The van der Waals surface area contributed by atoms with E-state index in [0.29, 0.717) is 10.1 Å². The molecule has 0 heterocycles. The second-order valence-corrected chi connectivity index (χ2v) is 1.34. The van der Waals surface area contributed by atoms with Gasteiger partial charge in [0.25, 0.3) is 0 Å². The quantitative estimate of drug-likeness (QED) is 0.388. The lowest BCUT2D eigenvalue weighted by molar-refractivity contribution is -0.00000255. The highest BCUT2D eigenvalue weighted by molar-refractivity contribution is 5.85. The molecule has 4 heteroatoms. The maximum absolute atomic E-state index is 8.28. The van der Waals surface area contributed by atoms with Crippen molar-refractivity contribution in [3.8, 4) is 0 Å². The van der Waals surface area contributed by atoms with Crippen LogP contribution in [0, 0.1) is 12.4 Å². The third kappa shape index (κ3) is 1600. The third-order valence-corrected chi connectivity index (χ3v) is 0. The monoisotopic (exact) mass is 142 g/mol. The first kappa shape index (κ1) is 15.7. The molecule has 0 aromatic carbocycles. The zero-order chi connectivity index (χ0) is 5.58. The van der Waals surface area contributed by atoms with Gasteiger partial charge in [-0.3, -0.25) is 0 Å². The van der Waals surface area contributed by atoms with E-state index in [1.807, 2.05) is 26.0 Å². The Hall–Kier alpha value is 0.267. The van der Waals surface area contributed by atoms with Crippen molar-refractivity contribution in [3.05, 3.63) is 0 Å². The lowest BCUT2D eigenvalue weighted by Gasteiger charge is -1.90. The summed E-state index contributed by atoms with van der Waals surface area (Å²) in [5.74, 6) is 0. The molecule has 0 radical (unpaired) electrons. The van der Waals surface area contributed by atoms with Crippen molar-refractivity contribution < 1.29 is 16.9 Å². The van der Waals surface area contributed by atoms with Crippen molar-refractivity contribution in [1.29, 1.82) is 0 Å². The van der Waals surface area contributed by atoms with Gasteiger partial charge in [-0.25, -0.2) is 0 Å². The number of nitrogens with zero attached hydrogens (tertiary/aromatic N) is 1. The second kappa shape index (κ2) is 16.3. The van der Waals surface area contributed by atoms with Crippen LogP contribution in [0.15, 0.2) is 0 Å². The molecule has 0 aromatic heterocycles. The minimum absolute atomic E-state index is 0. The summed E-state index contributed by atoms with van der Waals surface area (Å²) in [7, 11) is 6.61. The van der Waals surface area contributed by atoms with Crippen LogP contribution in [-0.4, -0.2) is 36.2 Å².